The van der Waals surface area contributed by atoms with E-state index in [4.69, 9.17) is 0 Å². The van der Waals surface area contributed by atoms with Gasteiger partial charge in [-0.3, -0.25) is 14.0 Å². The minimum absolute atomic E-state index is 0.650. The molecule has 0 radical (unpaired) electrons. The molecule has 20 heavy (non-hydrogen) atoms. The third kappa shape index (κ3) is 1.82. The fraction of sp³-hybridized carbons (Fsp3) is 0.267. The zero-order valence-electron chi connectivity index (χ0n) is 11.6. The van der Waals surface area contributed by atoms with Crippen LogP contribution in [0, 0.1) is 0 Å². The Kier molecular flexibility index (Phi) is 3.10. The molecular weight excluding hydrogens is 252 g/mol. The van der Waals surface area contributed by atoms with Crippen molar-refractivity contribution in [3.8, 4) is 5.82 Å². The van der Waals surface area contributed by atoms with Gasteiger partial charge in [-0.1, -0.05) is 13.3 Å². The predicted molar refractivity (Wildman–Crippen MR) is 77.2 cm³/mol. The molecule has 0 spiro atoms. The first-order valence-electron chi connectivity index (χ1n) is 6.69. The molecule has 3 aromatic rings. The van der Waals surface area contributed by atoms with Crippen LogP contribution < -0.4 is 0 Å². The van der Waals surface area contributed by atoms with Gasteiger partial charge >= 0.3 is 0 Å². The molecule has 0 amide bonds. The third-order valence-corrected chi connectivity index (χ3v) is 3.41. The van der Waals surface area contributed by atoms with Crippen LogP contribution in [0.4, 0.5) is 0 Å². The van der Waals surface area contributed by atoms with Crippen LogP contribution in [0.2, 0.25) is 0 Å². The molecule has 0 fully saturated rings. The van der Waals surface area contributed by atoms with Gasteiger partial charge in [0.25, 0.3) is 0 Å². The Hall–Kier alpha value is -2.43. The second-order valence-electron chi connectivity index (χ2n) is 4.78. The molecule has 0 aliphatic carbocycles. The van der Waals surface area contributed by atoms with Crippen molar-refractivity contribution in [3.63, 3.8) is 0 Å². The number of aryl methyl sites for hydroxylation is 2. The second kappa shape index (κ2) is 4.92. The highest BCUT2D eigenvalue weighted by molar-refractivity contribution is 5.85. The lowest BCUT2D eigenvalue weighted by molar-refractivity contribution is 0.112. The normalized spacial score (nSPS) is 11.1. The van der Waals surface area contributed by atoms with E-state index in [0.717, 1.165) is 41.7 Å². The SMILES string of the molecule is CCCc1nn(C)c(-n2ccc3cccnc32)c1C=O. The van der Waals surface area contributed by atoms with Crippen molar-refractivity contribution in [3.05, 3.63) is 41.9 Å². The summed E-state index contributed by atoms with van der Waals surface area (Å²) in [6.07, 6.45) is 6.33. The van der Waals surface area contributed by atoms with Crippen LogP contribution in [0.5, 0.6) is 0 Å². The number of nitrogens with zero attached hydrogens (tertiary/aromatic N) is 4. The molecule has 0 bridgehead atoms. The van der Waals surface area contributed by atoms with E-state index in [0.29, 0.717) is 5.56 Å². The van der Waals surface area contributed by atoms with Crippen LogP contribution in [-0.4, -0.2) is 25.6 Å². The van der Waals surface area contributed by atoms with Crippen molar-refractivity contribution < 1.29 is 4.79 Å². The highest BCUT2D eigenvalue weighted by Gasteiger charge is 2.18. The summed E-state index contributed by atoms with van der Waals surface area (Å²) >= 11 is 0. The van der Waals surface area contributed by atoms with E-state index in [1.165, 1.54) is 0 Å². The summed E-state index contributed by atoms with van der Waals surface area (Å²) in [4.78, 5) is 15.9. The molecular formula is C15H16N4O. The number of pyridine rings is 1. The minimum atomic E-state index is 0.650. The number of carbonyl (C=O) groups excluding carboxylic acids is 1. The van der Waals surface area contributed by atoms with Crippen LogP contribution in [-0.2, 0) is 13.5 Å². The first-order chi connectivity index (χ1) is 9.76. The standard InChI is InChI=1S/C15H16N4O/c1-3-5-13-12(10-20)15(18(2)17-13)19-9-7-11-6-4-8-16-14(11)19/h4,6-10H,3,5H2,1-2H3. The van der Waals surface area contributed by atoms with Crippen LogP contribution in [0.3, 0.4) is 0 Å². The summed E-state index contributed by atoms with van der Waals surface area (Å²) in [5, 5.41) is 5.51. The van der Waals surface area contributed by atoms with E-state index in [1.54, 1.807) is 10.9 Å². The minimum Gasteiger partial charge on any atom is -0.298 e. The highest BCUT2D eigenvalue weighted by Crippen LogP contribution is 2.22. The van der Waals surface area contributed by atoms with Crippen LogP contribution in [0.15, 0.2) is 30.6 Å². The molecule has 0 aliphatic rings. The number of rotatable bonds is 4. The van der Waals surface area contributed by atoms with Gasteiger partial charge < -0.3 is 0 Å². The Bertz CT molecular complexity index is 769. The van der Waals surface area contributed by atoms with E-state index in [1.807, 2.05) is 36.0 Å². The quantitative estimate of drug-likeness (QED) is 0.683. The maximum atomic E-state index is 11.5. The second-order valence-corrected chi connectivity index (χ2v) is 4.78. The van der Waals surface area contributed by atoms with Crippen molar-refractivity contribution >= 4 is 17.3 Å². The van der Waals surface area contributed by atoms with E-state index in [9.17, 15) is 4.79 Å². The summed E-state index contributed by atoms with van der Waals surface area (Å²) < 4.78 is 3.67. The number of hydrogen-bond acceptors (Lipinski definition) is 3. The van der Waals surface area contributed by atoms with Gasteiger partial charge in [0.05, 0.1) is 11.3 Å². The molecule has 0 aromatic carbocycles. The Labute approximate surface area is 116 Å². The van der Waals surface area contributed by atoms with Gasteiger partial charge in [-0.25, -0.2) is 4.98 Å². The van der Waals surface area contributed by atoms with Gasteiger partial charge in [-0.2, -0.15) is 5.10 Å². The molecule has 3 aromatic heterocycles. The van der Waals surface area contributed by atoms with Crippen molar-refractivity contribution in [1.29, 1.82) is 0 Å². The molecule has 5 heteroatoms. The fourth-order valence-electron chi connectivity index (χ4n) is 2.55. The molecule has 0 unspecified atom stereocenters. The lowest BCUT2D eigenvalue weighted by atomic mass is 10.1. The maximum Gasteiger partial charge on any atom is 0.155 e. The fourth-order valence-corrected chi connectivity index (χ4v) is 2.55. The summed E-state index contributed by atoms with van der Waals surface area (Å²) in [5.41, 5.74) is 2.33. The van der Waals surface area contributed by atoms with Gasteiger partial charge in [-0.15, -0.1) is 0 Å². The zero-order chi connectivity index (χ0) is 14.1. The molecule has 3 rings (SSSR count). The average molecular weight is 268 g/mol. The summed E-state index contributed by atoms with van der Waals surface area (Å²) in [5.74, 6) is 0.775. The van der Waals surface area contributed by atoms with Gasteiger partial charge in [0, 0.05) is 24.8 Å². The summed E-state index contributed by atoms with van der Waals surface area (Å²) in [6, 6.07) is 5.89. The number of aldehydes is 1. The Morgan fingerprint density at radius 1 is 1.35 bits per heavy atom. The third-order valence-electron chi connectivity index (χ3n) is 3.41. The summed E-state index contributed by atoms with van der Waals surface area (Å²) in [6.45, 7) is 2.08. The smallest absolute Gasteiger partial charge is 0.155 e. The van der Waals surface area contributed by atoms with Crippen molar-refractivity contribution in [1.82, 2.24) is 19.3 Å². The van der Waals surface area contributed by atoms with E-state index in [-0.39, 0.29) is 0 Å². The van der Waals surface area contributed by atoms with E-state index < -0.39 is 0 Å². The zero-order valence-corrected chi connectivity index (χ0v) is 11.6. The predicted octanol–water partition coefficient (Wildman–Crippen LogP) is 2.52. The Morgan fingerprint density at radius 2 is 2.20 bits per heavy atom. The first-order valence-corrected chi connectivity index (χ1v) is 6.69. The molecule has 0 saturated heterocycles. The van der Waals surface area contributed by atoms with Crippen molar-refractivity contribution in [2.24, 2.45) is 7.05 Å². The van der Waals surface area contributed by atoms with E-state index in [2.05, 4.69) is 17.0 Å². The lowest BCUT2D eigenvalue weighted by Crippen LogP contribution is -2.04. The number of carbonyl (C=O) groups is 1. The molecule has 0 aliphatic heterocycles. The molecule has 5 nitrogen and oxygen atoms in total. The van der Waals surface area contributed by atoms with E-state index >= 15 is 0 Å². The van der Waals surface area contributed by atoms with Crippen LogP contribution >= 0.6 is 0 Å². The van der Waals surface area contributed by atoms with Gasteiger partial charge in [-0.05, 0) is 24.6 Å². The monoisotopic (exact) mass is 268 g/mol. The van der Waals surface area contributed by atoms with Gasteiger partial charge in [0.2, 0.25) is 0 Å². The number of aromatic nitrogens is 4. The molecule has 0 N–H and O–H groups in total. The maximum absolute atomic E-state index is 11.5. The van der Waals surface area contributed by atoms with Crippen LogP contribution in [0.25, 0.3) is 16.9 Å². The van der Waals surface area contributed by atoms with Gasteiger partial charge in [0.1, 0.15) is 11.5 Å². The average Bonchev–Trinajstić information content (AvgIpc) is 3.00. The Balaban J connectivity index is 2.26. The first kappa shape index (κ1) is 12.6. The molecule has 0 saturated carbocycles. The lowest BCUT2D eigenvalue weighted by Gasteiger charge is -2.05. The number of fused-ring (bicyclic) bond motifs is 1. The van der Waals surface area contributed by atoms with Gasteiger partial charge in [0.15, 0.2) is 6.29 Å². The highest BCUT2D eigenvalue weighted by atomic mass is 16.1. The largest absolute Gasteiger partial charge is 0.298 e. The van der Waals surface area contributed by atoms with Crippen molar-refractivity contribution in [2.45, 2.75) is 19.8 Å². The molecule has 102 valence electrons. The number of hydrogen-bond donors (Lipinski definition) is 0. The molecule has 3 heterocycles. The summed E-state index contributed by atoms with van der Waals surface area (Å²) in [7, 11) is 1.86. The van der Waals surface area contributed by atoms with Crippen molar-refractivity contribution in [2.75, 3.05) is 0 Å². The van der Waals surface area contributed by atoms with Crippen LogP contribution in [0.1, 0.15) is 29.4 Å². The molecule has 0 atom stereocenters. The topological polar surface area (TPSA) is 52.7 Å². The Morgan fingerprint density at radius 3 is 2.95 bits per heavy atom.